The molecule has 1 heterocycles. The Balaban J connectivity index is 1.77. The molecule has 2 aromatic carbocycles. The van der Waals surface area contributed by atoms with Crippen LogP contribution in [-0.4, -0.2) is 47.9 Å². The predicted molar refractivity (Wildman–Crippen MR) is 125 cm³/mol. The lowest BCUT2D eigenvalue weighted by Gasteiger charge is -2.22. The van der Waals surface area contributed by atoms with Crippen LogP contribution in [0.5, 0.6) is 0 Å². The van der Waals surface area contributed by atoms with Gasteiger partial charge in [0.1, 0.15) is 6.04 Å². The highest BCUT2D eigenvalue weighted by Gasteiger charge is 2.46. The van der Waals surface area contributed by atoms with Gasteiger partial charge in [-0.25, -0.2) is 14.5 Å². The summed E-state index contributed by atoms with van der Waals surface area (Å²) in [4.78, 5) is 53.7. The molecule has 1 saturated heterocycles. The Morgan fingerprint density at radius 3 is 2.45 bits per heavy atom. The molecule has 3 rings (SSSR count). The Kier molecular flexibility index (Phi) is 7.82. The molecule has 0 spiro atoms. The third kappa shape index (κ3) is 5.77. The molecule has 1 N–H and O–H groups in total. The van der Waals surface area contributed by atoms with Crippen LogP contribution in [0, 0.1) is 5.92 Å². The molecule has 4 amide bonds. The van der Waals surface area contributed by atoms with E-state index in [9.17, 15) is 19.2 Å². The third-order valence-electron chi connectivity index (χ3n) is 5.32. The lowest BCUT2D eigenvalue weighted by atomic mass is 10.1. The van der Waals surface area contributed by atoms with Crippen molar-refractivity contribution in [3.63, 3.8) is 0 Å². The van der Waals surface area contributed by atoms with Crippen LogP contribution in [0.15, 0.2) is 54.6 Å². The molecular weight excluding hydrogens is 422 g/mol. The van der Waals surface area contributed by atoms with Gasteiger partial charge in [-0.3, -0.25) is 9.59 Å². The van der Waals surface area contributed by atoms with E-state index in [-0.39, 0.29) is 13.0 Å². The molecule has 0 aromatic heterocycles. The van der Waals surface area contributed by atoms with Gasteiger partial charge in [-0.05, 0) is 49.6 Å². The molecule has 8 heteroatoms. The van der Waals surface area contributed by atoms with E-state index in [2.05, 4.69) is 5.32 Å². The average Bonchev–Trinajstić information content (AvgIpc) is 3.02. The number of ether oxygens (including phenoxy) is 1. The maximum Gasteiger partial charge on any atom is 0.338 e. The first-order chi connectivity index (χ1) is 15.8. The summed E-state index contributed by atoms with van der Waals surface area (Å²) < 4.78 is 4.99. The van der Waals surface area contributed by atoms with Crippen molar-refractivity contribution in [3.05, 3.63) is 60.2 Å². The number of anilines is 2. The molecule has 1 fully saturated rings. The summed E-state index contributed by atoms with van der Waals surface area (Å²) in [7, 11) is 0. The Hall–Kier alpha value is -3.68. The van der Waals surface area contributed by atoms with Crippen molar-refractivity contribution in [2.45, 2.75) is 39.7 Å². The minimum absolute atomic E-state index is 0.185. The summed E-state index contributed by atoms with van der Waals surface area (Å²) in [6.45, 7) is 6.41. The van der Waals surface area contributed by atoms with Gasteiger partial charge < -0.3 is 15.0 Å². The first-order valence-electron chi connectivity index (χ1n) is 11.1. The van der Waals surface area contributed by atoms with Crippen molar-refractivity contribution in [2.24, 2.45) is 5.92 Å². The number of esters is 1. The molecule has 174 valence electrons. The average molecular weight is 452 g/mol. The molecule has 8 nitrogen and oxygen atoms in total. The van der Waals surface area contributed by atoms with E-state index in [1.807, 2.05) is 13.8 Å². The quantitative estimate of drug-likeness (QED) is 0.458. The number of rotatable bonds is 9. The van der Waals surface area contributed by atoms with E-state index in [1.54, 1.807) is 55.5 Å². The number of para-hydroxylation sites is 1. The first kappa shape index (κ1) is 24.0. The fourth-order valence-electron chi connectivity index (χ4n) is 3.63. The molecule has 0 radical (unpaired) electrons. The van der Waals surface area contributed by atoms with Gasteiger partial charge in [0, 0.05) is 12.2 Å². The number of hydrogen-bond acceptors (Lipinski definition) is 5. The fraction of sp³-hybridized carbons (Fsp3) is 0.360. The van der Waals surface area contributed by atoms with Crippen molar-refractivity contribution in [2.75, 3.05) is 23.4 Å². The number of carbonyl (C=O) groups excluding carboxylic acids is 4. The number of carbonyl (C=O) groups is 4. The number of imide groups is 1. The minimum atomic E-state index is -0.898. The van der Waals surface area contributed by atoms with Crippen LogP contribution in [0.2, 0.25) is 0 Å². The molecule has 0 aliphatic carbocycles. The first-order valence-corrected chi connectivity index (χ1v) is 11.1. The number of urea groups is 1. The highest BCUT2D eigenvalue weighted by Crippen LogP contribution is 2.27. The fourth-order valence-corrected chi connectivity index (χ4v) is 3.63. The lowest BCUT2D eigenvalue weighted by molar-refractivity contribution is -0.124. The SMILES string of the molecule is CCOC(=O)c1cccc(NC(=O)CC2C(=O)N(c3ccccc3)C(=O)N2CCC(C)C)c1. The monoisotopic (exact) mass is 451 g/mol. The van der Waals surface area contributed by atoms with Gasteiger partial charge in [0.05, 0.1) is 24.3 Å². The van der Waals surface area contributed by atoms with E-state index in [0.717, 1.165) is 4.90 Å². The number of nitrogens with zero attached hydrogens (tertiary/aromatic N) is 2. The van der Waals surface area contributed by atoms with Gasteiger partial charge in [0.15, 0.2) is 0 Å². The Morgan fingerprint density at radius 2 is 1.79 bits per heavy atom. The van der Waals surface area contributed by atoms with Crippen LogP contribution in [0.3, 0.4) is 0 Å². The van der Waals surface area contributed by atoms with Crippen LogP contribution in [0.25, 0.3) is 0 Å². The summed E-state index contributed by atoms with van der Waals surface area (Å²) in [5.74, 6) is -1.00. The molecule has 2 aromatic rings. The maximum atomic E-state index is 13.2. The lowest BCUT2D eigenvalue weighted by Crippen LogP contribution is -2.39. The highest BCUT2D eigenvalue weighted by molar-refractivity contribution is 6.22. The Labute approximate surface area is 193 Å². The van der Waals surface area contributed by atoms with Crippen molar-refractivity contribution in [1.82, 2.24) is 4.90 Å². The van der Waals surface area contributed by atoms with Crippen LogP contribution in [0.4, 0.5) is 16.2 Å². The highest BCUT2D eigenvalue weighted by atomic mass is 16.5. The number of hydrogen-bond donors (Lipinski definition) is 1. The van der Waals surface area contributed by atoms with Crippen LogP contribution in [0.1, 0.15) is 44.0 Å². The largest absolute Gasteiger partial charge is 0.462 e. The Morgan fingerprint density at radius 1 is 1.06 bits per heavy atom. The number of amides is 4. The van der Waals surface area contributed by atoms with Crippen molar-refractivity contribution < 1.29 is 23.9 Å². The van der Waals surface area contributed by atoms with Gasteiger partial charge in [-0.1, -0.05) is 38.1 Å². The van der Waals surface area contributed by atoms with Gasteiger partial charge >= 0.3 is 12.0 Å². The van der Waals surface area contributed by atoms with Crippen LogP contribution < -0.4 is 10.2 Å². The molecule has 33 heavy (non-hydrogen) atoms. The van der Waals surface area contributed by atoms with Crippen molar-refractivity contribution in [1.29, 1.82) is 0 Å². The molecule has 1 unspecified atom stereocenters. The molecule has 1 atom stereocenters. The zero-order chi connectivity index (χ0) is 24.0. The second-order valence-corrected chi connectivity index (χ2v) is 8.24. The normalized spacial score (nSPS) is 15.8. The molecule has 1 aliphatic heterocycles. The summed E-state index contributed by atoms with van der Waals surface area (Å²) in [6.07, 6.45) is 0.525. The van der Waals surface area contributed by atoms with Gasteiger partial charge in [0.2, 0.25) is 5.91 Å². The summed E-state index contributed by atoms with van der Waals surface area (Å²) >= 11 is 0. The standard InChI is InChI=1S/C25H29N3O5/c1-4-33-24(31)18-9-8-10-19(15-18)26-22(29)16-21-23(30)28(20-11-6-5-7-12-20)25(32)27(21)14-13-17(2)3/h5-12,15,17,21H,4,13-14,16H2,1-3H3,(H,26,29). The molecule has 0 saturated carbocycles. The maximum absolute atomic E-state index is 13.2. The van der Waals surface area contributed by atoms with Crippen LogP contribution in [-0.2, 0) is 14.3 Å². The molecule has 0 bridgehead atoms. The Bertz CT molecular complexity index is 1020. The van der Waals surface area contributed by atoms with E-state index >= 15 is 0 Å². The number of nitrogens with one attached hydrogen (secondary N) is 1. The van der Waals surface area contributed by atoms with Gasteiger partial charge in [-0.15, -0.1) is 0 Å². The zero-order valence-corrected chi connectivity index (χ0v) is 19.1. The van der Waals surface area contributed by atoms with Gasteiger partial charge in [-0.2, -0.15) is 0 Å². The topological polar surface area (TPSA) is 96.0 Å². The summed E-state index contributed by atoms with van der Waals surface area (Å²) in [5, 5.41) is 2.73. The zero-order valence-electron chi connectivity index (χ0n) is 19.1. The number of benzene rings is 2. The van der Waals surface area contributed by atoms with E-state index in [0.29, 0.717) is 35.8 Å². The van der Waals surface area contributed by atoms with Crippen molar-refractivity contribution >= 4 is 35.2 Å². The van der Waals surface area contributed by atoms with Crippen LogP contribution >= 0.6 is 0 Å². The van der Waals surface area contributed by atoms with E-state index in [4.69, 9.17) is 4.74 Å². The minimum Gasteiger partial charge on any atom is -0.462 e. The molecular formula is C25H29N3O5. The summed E-state index contributed by atoms with van der Waals surface area (Å²) in [5.41, 5.74) is 1.21. The smallest absolute Gasteiger partial charge is 0.338 e. The second kappa shape index (κ2) is 10.8. The second-order valence-electron chi connectivity index (χ2n) is 8.24. The van der Waals surface area contributed by atoms with E-state index in [1.165, 1.54) is 11.0 Å². The third-order valence-corrected chi connectivity index (χ3v) is 5.32. The summed E-state index contributed by atoms with van der Waals surface area (Å²) in [6, 6.07) is 13.8. The van der Waals surface area contributed by atoms with Crippen molar-refractivity contribution in [3.8, 4) is 0 Å². The molecule has 1 aliphatic rings. The predicted octanol–water partition coefficient (Wildman–Crippen LogP) is 4.08. The van der Waals surface area contributed by atoms with E-state index < -0.39 is 29.9 Å². The van der Waals surface area contributed by atoms with Gasteiger partial charge in [0.25, 0.3) is 5.91 Å².